The monoisotopic (exact) mass is 431 g/mol. The molecule has 0 aliphatic carbocycles. The van der Waals surface area contributed by atoms with E-state index in [1.807, 2.05) is 30.3 Å². The second-order valence-corrected chi connectivity index (χ2v) is 8.92. The van der Waals surface area contributed by atoms with Gasteiger partial charge in [-0.2, -0.15) is 4.98 Å². The Morgan fingerprint density at radius 3 is 2.71 bits per heavy atom. The maximum absolute atomic E-state index is 11.3. The first-order chi connectivity index (χ1) is 15.0. The lowest BCUT2D eigenvalue weighted by Gasteiger charge is -2.12. The third kappa shape index (κ3) is 5.49. The Bertz CT molecular complexity index is 1130. The Morgan fingerprint density at radius 1 is 1.13 bits per heavy atom. The summed E-state index contributed by atoms with van der Waals surface area (Å²) in [6, 6.07) is 18.2. The largest absolute Gasteiger partial charge is 0.369 e. The van der Waals surface area contributed by atoms with E-state index >= 15 is 0 Å². The number of benzene rings is 2. The number of primary amides is 1. The SMILES string of the molecule is CC1CCC(=Nc2cc(Cc3ccccc3)nc(N)n2)Sc2cc(CC(N)=O)ccc21. The summed E-state index contributed by atoms with van der Waals surface area (Å²) < 4.78 is 0. The number of fused-ring (bicyclic) bond motifs is 1. The zero-order valence-corrected chi connectivity index (χ0v) is 18.2. The predicted molar refractivity (Wildman–Crippen MR) is 126 cm³/mol. The lowest BCUT2D eigenvalue weighted by atomic mass is 9.95. The van der Waals surface area contributed by atoms with Crippen LogP contribution in [0.2, 0.25) is 0 Å². The fourth-order valence-electron chi connectivity index (χ4n) is 3.72. The van der Waals surface area contributed by atoms with Crippen LogP contribution in [0.15, 0.2) is 64.5 Å². The van der Waals surface area contributed by atoms with E-state index in [4.69, 9.17) is 16.5 Å². The van der Waals surface area contributed by atoms with Gasteiger partial charge in [-0.1, -0.05) is 61.2 Å². The van der Waals surface area contributed by atoms with Crippen molar-refractivity contribution in [3.8, 4) is 0 Å². The number of hydrogen-bond donors (Lipinski definition) is 2. The van der Waals surface area contributed by atoms with Crippen molar-refractivity contribution < 1.29 is 4.79 Å². The number of aliphatic imine (C=N–C) groups is 1. The maximum atomic E-state index is 11.3. The van der Waals surface area contributed by atoms with Crippen molar-refractivity contribution in [1.82, 2.24) is 9.97 Å². The molecule has 158 valence electrons. The van der Waals surface area contributed by atoms with Gasteiger partial charge in [0.2, 0.25) is 11.9 Å². The van der Waals surface area contributed by atoms with Crippen molar-refractivity contribution in [2.45, 2.75) is 43.4 Å². The first kappa shape index (κ1) is 21.1. The lowest BCUT2D eigenvalue weighted by molar-refractivity contribution is -0.117. The summed E-state index contributed by atoms with van der Waals surface area (Å²) >= 11 is 1.63. The van der Waals surface area contributed by atoms with Crippen molar-refractivity contribution in [3.63, 3.8) is 0 Å². The van der Waals surface area contributed by atoms with Crippen LogP contribution in [-0.4, -0.2) is 20.9 Å². The molecule has 1 aliphatic heterocycles. The average molecular weight is 432 g/mol. The minimum atomic E-state index is -0.331. The minimum absolute atomic E-state index is 0.226. The highest BCUT2D eigenvalue weighted by Crippen LogP contribution is 2.38. The van der Waals surface area contributed by atoms with E-state index in [0.29, 0.717) is 18.2 Å². The number of nitrogen functional groups attached to an aromatic ring is 1. The van der Waals surface area contributed by atoms with Crippen molar-refractivity contribution in [1.29, 1.82) is 0 Å². The number of rotatable bonds is 5. The van der Waals surface area contributed by atoms with Gasteiger partial charge >= 0.3 is 0 Å². The molecule has 0 saturated carbocycles. The molecule has 3 aromatic rings. The van der Waals surface area contributed by atoms with Crippen LogP contribution in [0.4, 0.5) is 11.8 Å². The number of anilines is 1. The highest BCUT2D eigenvalue weighted by Gasteiger charge is 2.20. The predicted octanol–water partition coefficient (Wildman–Crippen LogP) is 4.40. The quantitative estimate of drug-likeness (QED) is 0.623. The molecule has 0 radical (unpaired) electrons. The molecule has 2 aromatic carbocycles. The number of aromatic nitrogens is 2. The molecule has 1 unspecified atom stereocenters. The van der Waals surface area contributed by atoms with Gasteiger partial charge in [-0.15, -0.1) is 0 Å². The summed E-state index contributed by atoms with van der Waals surface area (Å²) in [6.07, 6.45) is 2.75. The summed E-state index contributed by atoms with van der Waals surface area (Å²) in [5, 5.41) is 0.977. The Hall–Kier alpha value is -3.19. The number of carbonyl (C=O) groups excluding carboxylic acids is 1. The molecule has 4 N–H and O–H groups in total. The normalized spacial score (nSPS) is 17.2. The smallest absolute Gasteiger partial charge is 0.222 e. The second-order valence-electron chi connectivity index (χ2n) is 7.80. The second kappa shape index (κ2) is 9.31. The van der Waals surface area contributed by atoms with E-state index in [0.717, 1.165) is 39.6 Å². The summed E-state index contributed by atoms with van der Waals surface area (Å²) in [5.41, 5.74) is 15.5. The van der Waals surface area contributed by atoms with Crippen molar-refractivity contribution in [2.75, 3.05) is 5.73 Å². The molecule has 1 atom stereocenters. The van der Waals surface area contributed by atoms with Gasteiger partial charge in [0.05, 0.1) is 17.2 Å². The van der Waals surface area contributed by atoms with E-state index < -0.39 is 0 Å². The number of hydrogen-bond acceptors (Lipinski definition) is 6. The molecule has 1 amide bonds. The number of nitrogens with zero attached hydrogens (tertiary/aromatic N) is 3. The molecule has 0 saturated heterocycles. The van der Waals surface area contributed by atoms with E-state index in [1.165, 1.54) is 5.56 Å². The van der Waals surface area contributed by atoms with Crippen molar-refractivity contribution >= 4 is 34.5 Å². The number of thioether (sulfide) groups is 1. The summed E-state index contributed by atoms with van der Waals surface area (Å²) in [5.74, 6) is 0.874. The summed E-state index contributed by atoms with van der Waals surface area (Å²) in [6.45, 7) is 2.22. The molecular formula is C24H25N5OS. The third-order valence-electron chi connectivity index (χ3n) is 5.26. The Balaban J connectivity index is 1.62. The third-order valence-corrected chi connectivity index (χ3v) is 6.36. The van der Waals surface area contributed by atoms with Gasteiger partial charge in [-0.3, -0.25) is 4.79 Å². The fourth-order valence-corrected chi connectivity index (χ4v) is 4.93. The van der Waals surface area contributed by atoms with Crippen LogP contribution in [-0.2, 0) is 17.6 Å². The van der Waals surface area contributed by atoms with Crippen LogP contribution >= 0.6 is 11.8 Å². The topological polar surface area (TPSA) is 107 Å². The number of carbonyl (C=O) groups is 1. The molecule has 4 rings (SSSR count). The van der Waals surface area contributed by atoms with E-state index in [-0.39, 0.29) is 18.3 Å². The van der Waals surface area contributed by atoms with Gasteiger partial charge in [-0.25, -0.2) is 9.98 Å². The van der Waals surface area contributed by atoms with E-state index in [9.17, 15) is 4.79 Å². The van der Waals surface area contributed by atoms with Gasteiger partial charge < -0.3 is 11.5 Å². The highest BCUT2D eigenvalue weighted by atomic mass is 32.2. The van der Waals surface area contributed by atoms with Crippen LogP contribution in [0.25, 0.3) is 0 Å². The van der Waals surface area contributed by atoms with Gasteiger partial charge in [0.25, 0.3) is 0 Å². The average Bonchev–Trinajstić information content (AvgIpc) is 2.86. The maximum Gasteiger partial charge on any atom is 0.222 e. The minimum Gasteiger partial charge on any atom is -0.369 e. The van der Waals surface area contributed by atoms with Crippen molar-refractivity contribution in [3.05, 3.63) is 77.0 Å². The van der Waals surface area contributed by atoms with E-state index in [2.05, 4.69) is 41.2 Å². The Kier molecular flexibility index (Phi) is 6.32. The molecular weight excluding hydrogens is 406 g/mol. The van der Waals surface area contributed by atoms with E-state index in [1.54, 1.807) is 11.8 Å². The fraction of sp³-hybridized carbons (Fsp3) is 0.250. The zero-order chi connectivity index (χ0) is 21.8. The van der Waals surface area contributed by atoms with Crippen LogP contribution in [0.1, 0.15) is 48.1 Å². The van der Waals surface area contributed by atoms with Gasteiger partial charge in [-0.05, 0) is 41.5 Å². The molecule has 6 nitrogen and oxygen atoms in total. The lowest BCUT2D eigenvalue weighted by Crippen LogP contribution is -2.13. The van der Waals surface area contributed by atoms with Gasteiger partial charge in [0.1, 0.15) is 0 Å². The zero-order valence-electron chi connectivity index (χ0n) is 17.4. The van der Waals surface area contributed by atoms with Crippen LogP contribution in [0.3, 0.4) is 0 Å². The molecule has 1 aromatic heterocycles. The number of nitrogens with two attached hydrogens (primary N) is 2. The standard InChI is InChI=1S/C24H25N5OS/c1-15-7-10-23(31-20-12-17(13-21(25)30)8-9-19(15)20)28-22-14-18(27-24(26)29-22)11-16-5-3-2-4-6-16/h2-6,8-9,12,14-15H,7,10-11,13H2,1H3,(H2,25,30)(H2,26,27,29). The first-order valence-corrected chi connectivity index (χ1v) is 11.1. The summed E-state index contributed by atoms with van der Waals surface area (Å²) in [7, 11) is 0. The number of amides is 1. The van der Waals surface area contributed by atoms with Crippen LogP contribution < -0.4 is 11.5 Å². The molecule has 7 heteroatoms. The molecule has 0 fully saturated rings. The Morgan fingerprint density at radius 2 is 1.94 bits per heavy atom. The Labute approximate surface area is 186 Å². The van der Waals surface area contributed by atoms with Crippen molar-refractivity contribution in [2.24, 2.45) is 10.7 Å². The molecule has 31 heavy (non-hydrogen) atoms. The molecule has 0 spiro atoms. The van der Waals surface area contributed by atoms with Crippen LogP contribution in [0, 0.1) is 0 Å². The molecule has 0 bridgehead atoms. The van der Waals surface area contributed by atoms with Gasteiger partial charge in [0, 0.05) is 17.4 Å². The summed E-state index contributed by atoms with van der Waals surface area (Å²) in [4.78, 5) is 26.0. The first-order valence-electron chi connectivity index (χ1n) is 10.3. The molecule has 1 aliphatic rings. The molecule has 2 heterocycles. The van der Waals surface area contributed by atoms with Crippen LogP contribution in [0.5, 0.6) is 0 Å². The highest BCUT2D eigenvalue weighted by molar-refractivity contribution is 8.14. The van der Waals surface area contributed by atoms with Gasteiger partial charge in [0.15, 0.2) is 5.82 Å².